The zero-order chi connectivity index (χ0) is 19.1. The first-order chi connectivity index (χ1) is 11.1. The summed E-state index contributed by atoms with van der Waals surface area (Å²) in [5.74, 6) is 0. The van der Waals surface area contributed by atoms with Crippen molar-refractivity contribution in [1.29, 1.82) is 0 Å². The Bertz CT molecular complexity index is 205. The Labute approximate surface area is 146 Å². The van der Waals surface area contributed by atoms with Gasteiger partial charge >= 0.3 is 0 Å². The summed E-state index contributed by atoms with van der Waals surface area (Å²) < 4.78 is 5.36. The van der Waals surface area contributed by atoms with Gasteiger partial charge in [-0.05, 0) is 37.7 Å². The number of aliphatic hydroxyl groups excluding tert-OH is 2. The SMILES string of the molecule is C=C.C=C1COC(CCCO)C1.CC.CC.CCCC(O)CC. The van der Waals surface area contributed by atoms with Gasteiger partial charge in [0.1, 0.15) is 0 Å². The van der Waals surface area contributed by atoms with Gasteiger partial charge in [0.05, 0.1) is 18.8 Å². The topological polar surface area (TPSA) is 49.7 Å². The van der Waals surface area contributed by atoms with Crippen LogP contribution in [0.25, 0.3) is 0 Å². The third-order valence-corrected chi connectivity index (χ3v) is 2.82. The molecule has 142 valence electrons. The smallest absolute Gasteiger partial charge is 0.0679 e. The van der Waals surface area contributed by atoms with Crippen molar-refractivity contribution in [3.05, 3.63) is 25.3 Å². The van der Waals surface area contributed by atoms with Gasteiger partial charge < -0.3 is 14.9 Å². The molecule has 2 N–H and O–H groups in total. The van der Waals surface area contributed by atoms with Crippen molar-refractivity contribution in [3.63, 3.8) is 0 Å². The van der Waals surface area contributed by atoms with Crippen LogP contribution in [-0.2, 0) is 4.74 Å². The standard InChI is InChI=1S/C8H14O2.C6H14O.2C2H6.C2H4/c1-7-5-8(10-6-7)3-2-4-9;1-3-5-6(7)4-2;3*1-2/h8-9H,1-6H2;6-7H,3-5H2,1-2H3;2*1-2H3;1-2H2. The minimum atomic E-state index is -0.0509. The van der Waals surface area contributed by atoms with E-state index in [-0.39, 0.29) is 12.7 Å². The predicted molar refractivity (Wildman–Crippen MR) is 105 cm³/mol. The van der Waals surface area contributed by atoms with Gasteiger partial charge in [-0.2, -0.15) is 0 Å². The number of aliphatic hydroxyl groups is 2. The molecule has 0 bridgehead atoms. The molecule has 1 fully saturated rings. The van der Waals surface area contributed by atoms with Crippen molar-refractivity contribution in [2.75, 3.05) is 13.2 Å². The van der Waals surface area contributed by atoms with Crippen molar-refractivity contribution in [1.82, 2.24) is 0 Å². The highest BCUT2D eigenvalue weighted by Crippen LogP contribution is 2.20. The Morgan fingerprint density at radius 2 is 1.70 bits per heavy atom. The summed E-state index contributed by atoms with van der Waals surface area (Å²) >= 11 is 0. The largest absolute Gasteiger partial charge is 0.396 e. The average molecular weight is 333 g/mol. The maximum absolute atomic E-state index is 8.86. The molecule has 0 spiro atoms. The highest BCUT2D eigenvalue weighted by Gasteiger charge is 2.17. The molecule has 1 rings (SSSR count). The summed E-state index contributed by atoms with van der Waals surface area (Å²) in [6, 6.07) is 0. The van der Waals surface area contributed by atoms with Gasteiger partial charge in [0.25, 0.3) is 0 Å². The van der Waals surface area contributed by atoms with Crippen LogP contribution in [-0.4, -0.2) is 35.6 Å². The molecule has 1 saturated heterocycles. The molecule has 0 radical (unpaired) electrons. The monoisotopic (exact) mass is 332 g/mol. The van der Waals surface area contributed by atoms with Crippen molar-refractivity contribution >= 4 is 0 Å². The Morgan fingerprint density at radius 1 is 1.17 bits per heavy atom. The summed E-state index contributed by atoms with van der Waals surface area (Å²) in [7, 11) is 0. The van der Waals surface area contributed by atoms with Gasteiger partial charge in [0.2, 0.25) is 0 Å². The molecule has 0 saturated carbocycles. The first kappa shape index (κ1) is 30.3. The fourth-order valence-corrected chi connectivity index (χ4v) is 1.72. The molecule has 1 aliphatic rings. The maximum Gasteiger partial charge on any atom is 0.0679 e. The van der Waals surface area contributed by atoms with E-state index in [0.717, 1.165) is 45.1 Å². The number of hydrogen-bond acceptors (Lipinski definition) is 3. The van der Waals surface area contributed by atoms with Crippen LogP contribution < -0.4 is 0 Å². The first-order valence-electron chi connectivity index (χ1n) is 9.21. The predicted octanol–water partition coefficient (Wildman–Crippen LogP) is 5.52. The van der Waals surface area contributed by atoms with Crippen molar-refractivity contribution in [3.8, 4) is 0 Å². The second kappa shape index (κ2) is 29.4. The van der Waals surface area contributed by atoms with Crippen molar-refractivity contribution in [2.24, 2.45) is 0 Å². The van der Waals surface area contributed by atoms with E-state index in [4.69, 9.17) is 14.9 Å². The summed E-state index contributed by atoms with van der Waals surface area (Å²) in [4.78, 5) is 0. The molecule has 3 heteroatoms. The van der Waals surface area contributed by atoms with Gasteiger partial charge in [0, 0.05) is 6.61 Å². The van der Waals surface area contributed by atoms with Crippen LogP contribution >= 0.6 is 0 Å². The van der Waals surface area contributed by atoms with Crippen LogP contribution in [0.5, 0.6) is 0 Å². The van der Waals surface area contributed by atoms with E-state index in [9.17, 15) is 0 Å². The first-order valence-corrected chi connectivity index (χ1v) is 9.21. The molecule has 1 aliphatic heterocycles. The molecule has 0 aromatic heterocycles. The summed E-state index contributed by atoms with van der Waals surface area (Å²) in [5.41, 5.74) is 1.18. The second-order valence-electron chi connectivity index (χ2n) is 4.60. The number of ether oxygens (including phenoxy) is 1. The lowest BCUT2D eigenvalue weighted by atomic mass is 10.1. The number of hydrogen-bond donors (Lipinski definition) is 2. The molecule has 3 nitrogen and oxygen atoms in total. The number of rotatable bonds is 6. The normalized spacial score (nSPS) is 16.2. The summed E-state index contributed by atoms with van der Waals surface area (Å²) in [6.07, 6.45) is 6.02. The van der Waals surface area contributed by atoms with Crippen LogP contribution in [0.3, 0.4) is 0 Å². The maximum atomic E-state index is 8.86. The Morgan fingerprint density at radius 3 is 1.96 bits per heavy atom. The molecular formula is C20H44O3. The van der Waals surface area contributed by atoms with Gasteiger partial charge in [-0.25, -0.2) is 0 Å². The quantitative estimate of drug-likeness (QED) is 0.630. The Kier molecular flexibility index (Phi) is 38.7. The molecule has 0 aromatic rings. The molecule has 1 heterocycles. The third kappa shape index (κ3) is 26.6. The molecule has 23 heavy (non-hydrogen) atoms. The Hall–Kier alpha value is -0.640. The minimum Gasteiger partial charge on any atom is -0.396 e. The molecule has 0 amide bonds. The Balaban J connectivity index is -0.000000122. The molecular weight excluding hydrogens is 288 g/mol. The van der Waals surface area contributed by atoms with Crippen molar-refractivity contribution < 1.29 is 14.9 Å². The average Bonchev–Trinajstić information content (AvgIpc) is 3.04. The van der Waals surface area contributed by atoms with E-state index < -0.39 is 0 Å². The zero-order valence-electron chi connectivity index (χ0n) is 16.7. The van der Waals surface area contributed by atoms with Crippen LogP contribution in [0.4, 0.5) is 0 Å². The zero-order valence-corrected chi connectivity index (χ0v) is 16.7. The fraction of sp³-hybridized carbons (Fsp3) is 0.800. The highest BCUT2D eigenvalue weighted by molar-refractivity contribution is 5.01. The van der Waals surface area contributed by atoms with Crippen LogP contribution in [0.15, 0.2) is 25.3 Å². The van der Waals surface area contributed by atoms with E-state index >= 15 is 0 Å². The van der Waals surface area contributed by atoms with Crippen LogP contribution in [0.1, 0.15) is 80.1 Å². The molecule has 0 aromatic carbocycles. The summed E-state index contributed by atoms with van der Waals surface area (Å²) in [6.45, 7) is 22.9. The van der Waals surface area contributed by atoms with E-state index in [2.05, 4.69) is 26.7 Å². The van der Waals surface area contributed by atoms with Gasteiger partial charge in [0.15, 0.2) is 0 Å². The second-order valence-corrected chi connectivity index (χ2v) is 4.60. The third-order valence-electron chi connectivity index (χ3n) is 2.82. The van der Waals surface area contributed by atoms with E-state index in [0.29, 0.717) is 6.10 Å². The lowest BCUT2D eigenvalue weighted by molar-refractivity contribution is 0.0990. The van der Waals surface area contributed by atoms with E-state index in [1.54, 1.807) is 0 Å². The summed E-state index contributed by atoms with van der Waals surface area (Å²) in [5, 5.41) is 17.4. The minimum absolute atomic E-state index is 0.0509. The van der Waals surface area contributed by atoms with Gasteiger partial charge in [-0.3, -0.25) is 0 Å². The lowest BCUT2D eigenvalue weighted by Gasteiger charge is -2.05. The van der Waals surface area contributed by atoms with E-state index in [1.165, 1.54) is 5.57 Å². The molecule has 0 aliphatic carbocycles. The van der Waals surface area contributed by atoms with Crippen LogP contribution in [0.2, 0.25) is 0 Å². The van der Waals surface area contributed by atoms with E-state index in [1.807, 2.05) is 34.6 Å². The van der Waals surface area contributed by atoms with Crippen molar-refractivity contribution in [2.45, 2.75) is 92.3 Å². The van der Waals surface area contributed by atoms with Crippen LogP contribution in [0, 0.1) is 0 Å². The molecule has 2 atom stereocenters. The molecule has 2 unspecified atom stereocenters. The van der Waals surface area contributed by atoms with Gasteiger partial charge in [-0.15, -0.1) is 13.2 Å². The highest BCUT2D eigenvalue weighted by atomic mass is 16.5. The van der Waals surface area contributed by atoms with Gasteiger partial charge in [-0.1, -0.05) is 54.5 Å². The fourth-order valence-electron chi connectivity index (χ4n) is 1.72. The lowest BCUT2D eigenvalue weighted by Crippen LogP contribution is -2.04.